The molecule has 1 N–H and O–H groups in total. The number of hydroxylamine groups is 1. The van der Waals surface area contributed by atoms with Gasteiger partial charge >= 0.3 is 6.09 Å². The molecule has 0 aliphatic heterocycles. The van der Waals surface area contributed by atoms with Crippen LogP contribution in [0.3, 0.4) is 0 Å². The topological polar surface area (TPSA) is 103 Å². The van der Waals surface area contributed by atoms with Crippen LogP contribution in [0.1, 0.15) is 11.8 Å². The fourth-order valence-electron chi connectivity index (χ4n) is 2.98. The van der Waals surface area contributed by atoms with Gasteiger partial charge in [-0.15, -0.1) is 0 Å². The summed E-state index contributed by atoms with van der Waals surface area (Å²) in [7, 11) is 1.34. The van der Waals surface area contributed by atoms with Crippen molar-refractivity contribution in [3.05, 3.63) is 91.0 Å². The smallest absolute Gasteiger partial charge is 0.408 e. The molecule has 31 heavy (non-hydrogen) atoms. The summed E-state index contributed by atoms with van der Waals surface area (Å²) in [6.07, 6.45) is 4.39. The van der Waals surface area contributed by atoms with E-state index in [1.54, 1.807) is 79.4 Å². The van der Waals surface area contributed by atoms with Gasteiger partial charge in [-0.25, -0.2) is 9.48 Å². The highest BCUT2D eigenvalue weighted by atomic mass is 16.7. The molecule has 2 heterocycles. The third kappa shape index (κ3) is 4.42. The number of ether oxygens (including phenoxy) is 1. The normalized spacial score (nSPS) is 11.7. The average Bonchev–Trinajstić information content (AvgIpc) is 3.31. The van der Waals surface area contributed by atoms with Crippen molar-refractivity contribution >= 4 is 11.8 Å². The molecular weight excluding hydrogens is 398 g/mol. The maximum absolute atomic E-state index is 12.7. The Labute approximate surface area is 178 Å². The number of carbonyl (C=O) groups is 1. The zero-order valence-electron chi connectivity index (χ0n) is 16.6. The van der Waals surface area contributed by atoms with E-state index in [-0.39, 0.29) is 0 Å². The molecule has 0 bridgehead atoms. The molecule has 0 aliphatic carbocycles. The van der Waals surface area contributed by atoms with Crippen LogP contribution in [0.25, 0.3) is 11.4 Å². The van der Waals surface area contributed by atoms with Crippen LogP contribution in [0.4, 0.5) is 10.5 Å². The van der Waals surface area contributed by atoms with Crippen molar-refractivity contribution < 1.29 is 19.5 Å². The number of hydrogen-bond donors (Lipinski definition) is 1. The minimum atomic E-state index is -1.19. The highest BCUT2D eigenvalue weighted by Crippen LogP contribution is 2.29. The number of para-hydroxylation sites is 2. The van der Waals surface area contributed by atoms with Gasteiger partial charge < -0.3 is 9.84 Å². The second-order valence-electron chi connectivity index (χ2n) is 6.36. The van der Waals surface area contributed by atoms with Gasteiger partial charge in [-0.2, -0.15) is 10.2 Å². The molecule has 0 fully saturated rings. The van der Waals surface area contributed by atoms with Crippen LogP contribution in [-0.2, 0) is 4.84 Å². The van der Waals surface area contributed by atoms with Crippen molar-refractivity contribution in [1.29, 1.82) is 0 Å². The summed E-state index contributed by atoms with van der Waals surface area (Å²) in [5.74, 6) is 0.369. The van der Waals surface area contributed by atoms with Crippen molar-refractivity contribution in [2.45, 2.75) is 6.23 Å². The van der Waals surface area contributed by atoms with Crippen LogP contribution >= 0.6 is 0 Å². The molecule has 0 saturated heterocycles. The summed E-state index contributed by atoms with van der Waals surface area (Å²) < 4.78 is 6.73. The first-order chi connectivity index (χ1) is 15.2. The molecule has 1 unspecified atom stereocenters. The zero-order valence-corrected chi connectivity index (χ0v) is 16.6. The van der Waals surface area contributed by atoms with Gasteiger partial charge in [-0.1, -0.05) is 36.4 Å². The molecule has 9 nitrogen and oxygen atoms in total. The van der Waals surface area contributed by atoms with Gasteiger partial charge in [0.2, 0.25) is 0 Å². The van der Waals surface area contributed by atoms with E-state index < -0.39 is 12.3 Å². The number of amides is 1. The van der Waals surface area contributed by atoms with Crippen LogP contribution in [0.15, 0.2) is 85.5 Å². The Balaban J connectivity index is 1.61. The summed E-state index contributed by atoms with van der Waals surface area (Å²) >= 11 is 0. The van der Waals surface area contributed by atoms with Gasteiger partial charge in [0.05, 0.1) is 19.0 Å². The van der Waals surface area contributed by atoms with Crippen molar-refractivity contribution in [1.82, 2.24) is 19.7 Å². The van der Waals surface area contributed by atoms with Crippen LogP contribution in [0.5, 0.6) is 5.75 Å². The summed E-state index contributed by atoms with van der Waals surface area (Å²) in [6, 6.07) is 17.1. The van der Waals surface area contributed by atoms with E-state index >= 15 is 0 Å². The van der Waals surface area contributed by atoms with E-state index in [0.717, 1.165) is 5.06 Å². The molecule has 1 atom stereocenters. The van der Waals surface area contributed by atoms with Gasteiger partial charge in [0.15, 0.2) is 6.23 Å². The fourth-order valence-corrected chi connectivity index (χ4v) is 2.98. The van der Waals surface area contributed by atoms with E-state index in [2.05, 4.69) is 15.1 Å². The van der Waals surface area contributed by atoms with Crippen molar-refractivity contribution in [3.8, 4) is 17.1 Å². The molecule has 2 aromatic carbocycles. The zero-order chi connectivity index (χ0) is 21.6. The van der Waals surface area contributed by atoms with E-state index in [1.165, 1.54) is 11.8 Å². The van der Waals surface area contributed by atoms with E-state index in [0.29, 0.717) is 28.4 Å². The monoisotopic (exact) mass is 417 g/mol. The van der Waals surface area contributed by atoms with Gasteiger partial charge in [0, 0.05) is 24.2 Å². The quantitative estimate of drug-likeness (QED) is 0.479. The first kappa shape index (κ1) is 20.2. The summed E-state index contributed by atoms with van der Waals surface area (Å²) in [5.41, 5.74) is 1.83. The number of benzene rings is 2. The molecule has 0 spiro atoms. The number of nitrogens with zero attached hydrogens (tertiary/aromatic N) is 5. The first-order valence-electron chi connectivity index (χ1n) is 9.37. The fraction of sp³-hybridized carbons (Fsp3) is 0.0909. The minimum Gasteiger partial charge on any atom is -0.408 e. The number of aliphatic hydroxyl groups excluding tert-OH is 1. The Kier molecular flexibility index (Phi) is 5.97. The molecule has 4 aromatic rings. The minimum absolute atomic E-state index is 0.315. The van der Waals surface area contributed by atoms with Gasteiger partial charge in [0.1, 0.15) is 17.1 Å². The van der Waals surface area contributed by atoms with Crippen molar-refractivity contribution in [3.63, 3.8) is 0 Å². The number of anilines is 1. The maximum atomic E-state index is 12.7. The molecule has 9 heteroatoms. The SMILES string of the molecule is CON(C(=O)Oc1ccccc1)c1ccccc1C(O)n1ccc(-c2cnccn2)n1. The Morgan fingerprint density at radius 3 is 2.55 bits per heavy atom. The van der Waals surface area contributed by atoms with Crippen molar-refractivity contribution in [2.24, 2.45) is 0 Å². The Bertz CT molecular complexity index is 1150. The molecule has 0 radical (unpaired) electrons. The highest BCUT2D eigenvalue weighted by molar-refractivity contribution is 5.88. The lowest BCUT2D eigenvalue weighted by atomic mass is 10.1. The van der Waals surface area contributed by atoms with E-state index in [4.69, 9.17) is 9.57 Å². The lowest BCUT2D eigenvalue weighted by Gasteiger charge is -2.23. The third-order valence-corrected chi connectivity index (χ3v) is 4.42. The summed E-state index contributed by atoms with van der Waals surface area (Å²) in [5, 5.41) is 16.3. The van der Waals surface area contributed by atoms with Crippen LogP contribution in [0.2, 0.25) is 0 Å². The average molecular weight is 417 g/mol. The predicted octanol–water partition coefficient (Wildman–Crippen LogP) is 3.45. The number of aromatic nitrogens is 4. The second-order valence-corrected chi connectivity index (χ2v) is 6.36. The molecule has 1 amide bonds. The summed E-state index contributed by atoms with van der Waals surface area (Å²) in [6.45, 7) is 0. The first-order valence-corrected chi connectivity index (χ1v) is 9.37. The molecule has 2 aromatic heterocycles. The Morgan fingerprint density at radius 1 is 1.03 bits per heavy atom. The van der Waals surface area contributed by atoms with Crippen LogP contribution < -0.4 is 9.80 Å². The third-order valence-electron chi connectivity index (χ3n) is 4.42. The lowest BCUT2D eigenvalue weighted by molar-refractivity contribution is 0.121. The van der Waals surface area contributed by atoms with Gasteiger partial charge in [-0.3, -0.25) is 14.8 Å². The van der Waals surface area contributed by atoms with E-state index in [1.807, 2.05) is 6.07 Å². The van der Waals surface area contributed by atoms with Gasteiger partial charge in [0.25, 0.3) is 0 Å². The van der Waals surface area contributed by atoms with Gasteiger partial charge in [-0.05, 0) is 24.3 Å². The molecular formula is C22H19N5O4. The number of aliphatic hydroxyl groups is 1. The number of rotatable bonds is 6. The standard InChI is InChI=1S/C22H19N5O4/c1-30-27(22(29)31-16-7-3-2-4-8-16)20-10-6-5-9-17(20)21(28)26-14-11-18(25-26)19-15-23-12-13-24-19/h2-15,21,28H,1H3. The largest absolute Gasteiger partial charge is 0.444 e. The van der Waals surface area contributed by atoms with Crippen LogP contribution in [-0.4, -0.2) is 38.1 Å². The van der Waals surface area contributed by atoms with Crippen LogP contribution in [0, 0.1) is 0 Å². The molecule has 4 rings (SSSR count). The molecule has 0 aliphatic rings. The lowest BCUT2D eigenvalue weighted by Crippen LogP contribution is -2.34. The number of hydrogen-bond acceptors (Lipinski definition) is 7. The Hall–Kier alpha value is -4.08. The molecule has 0 saturated carbocycles. The second kappa shape index (κ2) is 9.16. The van der Waals surface area contributed by atoms with E-state index in [9.17, 15) is 9.90 Å². The highest BCUT2D eigenvalue weighted by Gasteiger charge is 2.25. The number of carbonyl (C=O) groups excluding carboxylic acids is 1. The van der Waals surface area contributed by atoms with Crippen molar-refractivity contribution in [2.75, 3.05) is 12.2 Å². The summed E-state index contributed by atoms with van der Waals surface area (Å²) in [4.78, 5) is 26.2. The maximum Gasteiger partial charge on any atom is 0.444 e. The molecule has 156 valence electrons. The Morgan fingerprint density at radius 2 is 1.81 bits per heavy atom. The predicted molar refractivity (Wildman–Crippen MR) is 112 cm³/mol.